The molecule has 0 heterocycles. The second-order valence-corrected chi connectivity index (χ2v) is 8.33. The zero-order valence-corrected chi connectivity index (χ0v) is 23.1. The van der Waals surface area contributed by atoms with Gasteiger partial charge in [0.05, 0.1) is 12.1 Å². The third-order valence-corrected chi connectivity index (χ3v) is 5.41. The average molecular weight is 530 g/mol. The molecule has 2 atom stereocenters. The molecule has 0 aliphatic rings. The molecule has 0 radical (unpaired) electrons. The molecule has 0 aliphatic heterocycles. The quantitative estimate of drug-likeness (QED) is 0.159. The molecule has 0 fully saturated rings. The standard InChI is InChI=1S/2C11H24N2OS.O.V/c2*1-2-3-4-5-6-7-8-13-11(14)10(12)9-15;;/h2*10,15H,2-9,12H2,1H3,(H,13,14);;/q;;;+2/p-2/t2*10-;;/m00../s1. The molecule has 10 heteroatoms. The number of hydrogen-bond donors (Lipinski definition) is 4. The van der Waals surface area contributed by atoms with E-state index in [9.17, 15) is 9.59 Å². The van der Waals surface area contributed by atoms with E-state index >= 15 is 0 Å². The molecule has 6 N–H and O–H groups in total. The van der Waals surface area contributed by atoms with Crippen molar-refractivity contribution in [3.8, 4) is 0 Å². The number of carbonyl (C=O) groups excluding carboxylic acids is 2. The van der Waals surface area contributed by atoms with Crippen LogP contribution in [0.15, 0.2) is 0 Å². The summed E-state index contributed by atoms with van der Waals surface area (Å²) in [6, 6.07) is -1.03. The van der Waals surface area contributed by atoms with Crippen LogP contribution in [0.25, 0.3) is 0 Å². The van der Waals surface area contributed by atoms with E-state index in [2.05, 4.69) is 24.5 Å². The Morgan fingerprint density at radius 3 is 1.22 bits per heavy atom. The molecular formula is C22H46N4O3S2V. The summed E-state index contributed by atoms with van der Waals surface area (Å²) in [5, 5.41) is 5.59. The van der Waals surface area contributed by atoms with Gasteiger partial charge in [-0.15, -0.1) is 0 Å². The molecule has 0 aromatic carbocycles. The summed E-state index contributed by atoms with van der Waals surface area (Å²) in [7, 11) is 0. The van der Waals surface area contributed by atoms with Gasteiger partial charge in [-0.05, 0) is 12.8 Å². The molecule has 0 aromatic rings. The number of rotatable bonds is 18. The number of nitrogens with two attached hydrogens (primary N) is 2. The first kappa shape index (κ1) is 36.5. The Kier molecular flexibility index (Phi) is 35.3. The molecule has 189 valence electrons. The van der Waals surface area contributed by atoms with Gasteiger partial charge < -0.3 is 47.4 Å². The van der Waals surface area contributed by atoms with Crippen molar-refractivity contribution >= 4 is 37.1 Å². The van der Waals surface area contributed by atoms with Gasteiger partial charge in [-0.2, -0.15) is 11.5 Å². The summed E-state index contributed by atoms with van der Waals surface area (Å²) in [5.41, 5.74) is 11.0. The van der Waals surface area contributed by atoms with E-state index in [1.165, 1.54) is 64.2 Å². The van der Waals surface area contributed by atoms with E-state index in [1.54, 1.807) is 0 Å². The van der Waals surface area contributed by atoms with Crippen molar-refractivity contribution < 1.29 is 30.6 Å². The van der Waals surface area contributed by atoms with E-state index in [0.29, 0.717) is 11.5 Å². The molecule has 32 heavy (non-hydrogen) atoms. The van der Waals surface area contributed by atoms with Crippen molar-refractivity contribution in [1.29, 1.82) is 0 Å². The molecule has 0 bridgehead atoms. The number of amides is 2. The Morgan fingerprint density at radius 2 is 0.938 bits per heavy atom. The molecule has 0 aromatic heterocycles. The third-order valence-electron chi connectivity index (χ3n) is 4.69. The summed E-state index contributed by atoms with van der Waals surface area (Å²) in [6.45, 7) is 5.87. The minimum absolute atomic E-state index is 0.112. The molecule has 7 nitrogen and oxygen atoms in total. The minimum atomic E-state index is -0.514. The van der Waals surface area contributed by atoms with Crippen LogP contribution in [0.4, 0.5) is 0 Å². The van der Waals surface area contributed by atoms with Crippen LogP contribution in [0.5, 0.6) is 0 Å². The number of nitrogens with one attached hydrogen (secondary N) is 2. The second-order valence-electron chi connectivity index (χ2n) is 7.66. The number of unbranched alkanes of at least 4 members (excludes halogenated alkanes) is 10. The summed E-state index contributed by atoms with van der Waals surface area (Å²) in [4.78, 5) is 22.4. The van der Waals surface area contributed by atoms with Crippen LogP contribution in [0.2, 0.25) is 0 Å². The average Bonchev–Trinajstić information content (AvgIpc) is 2.83. The fraction of sp³-hybridized carbons (Fsp3) is 0.909. The van der Waals surface area contributed by atoms with Gasteiger partial charge in [-0.25, -0.2) is 0 Å². The molecule has 0 spiro atoms. The van der Waals surface area contributed by atoms with Crippen molar-refractivity contribution in [3.63, 3.8) is 0 Å². The fourth-order valence-electron chi connectivity index (χ4n) is 2.65. The summed E-state index contributed by atoms with van der Waals surface area (Å²) in [6.07, 6.45) is 14.7. The predicted molar refractivity (Wildman–Crippen MR) is 134 cm³/mol. The van der Waals surface area contributed by atoms with Crippen molar-refractivity contribution in [3.05, 3.63) is 0 Å². The SMILES string of the molecule is CCCCCCCCNC(=O)[C@@H](N)C[S-].CCCCCCCCNC(=O)[C@@H](N)C[S-].[O]=[V+2]. The van der Waals surface area contributed by atoms with Gasteiger partial charge in [0, 0.05) is 13.1 Å². The van der Waals surface area contributed by atoms with E-state index < -0.39 is 12.1 Å². The van der Waals surface area contributed by atoms with Crippen LogP contribution < -0.4 is 22.1 Å². The van der Waals surface area contributed by atoms with Gasteiger partial charge in [0.25, 0.3) is 0 Å². The van der Waals surface area contributed by atoms with E-state index in [0.717, 1.165) is 43.3 Å². The third kappa shape index (κ3) is 28.0. The molecule has 2 amide bonds. The topological polar surface area (TPSA) is 127 Å². The van der Waals surface area contributed by atoms with Crippen LogP contribution in [-0.2, 0) is 55.9 Å². The van der Waals surface area contributed by atoms with Gasteiger partial charge in [0.2, 0.25) is 11.8 Å². The Bertz CT molecular complexity index is 389. The summed E-state index contributed by atoms with van der Waals surface area (Å²) in [5.74, 6) is 0.363. The molecule has 0 aliphatic carbocycles. The normalized spacial score (nSPS) is 11.9. The summed E-state index contributed by atoms with van der Waals surface area (Å²) < 4.78 is 8.19. The van der Waals surface area contributed by atoms with Gasteiger partial charge >= 0.3 is 21.0 Å². The van der Waals surface area contributed by atoms with E-state index in [1.807, 2.05) is 0 Å². The monoisotopic (exact) mass is 529 g/mol. The van der Waals surface area contributed by atoms with E-state index in [-0.39, 0.29) is 11.8 Å². The molecule has 0 saturated heterocycles. The van der Waals surface area contributed by atoms with Crippen LogP contribution in [0.1, 0.15) is 90.9 Å². The maximum atomic E-state index is 11.2. The predicted octanol–water partition coefficient (Wildman–Crippen LogP) is 2.55. The van der Waals surface area contributed by atoms with Crippen LogP contribution in [0, 0.1) is 0 Å². The summed E-state index contributed by atoms with van der Waals surface area (Å²) >= 11 is 10.5. The van der Waals surface area contributed by atoms with Gasteiger partial charge in [-0.1, -0.05) is 78.1 Å². The first-order chi connectivity index (χ1) is 15.4. The molecule has 0 saturated carbocycles. The molecule has 0 unspecified atom stereocenters. The van der Waals surface area contributed by atoms with Crippen molar-refractivity contribution in [2.24, 2.45) is 11.5 Å². The number of carbonyl (C=O) groups is 2. The Labute approximate surface area is 216 Å². The van der Waals surface area contributed by atoms with Crippen LogP contribution in [0.3, 0.4) is 0 Å². The number of hydrogen-bond acceptors (Lipinski definition) is 7. The Balaban J connectivity index is -0.000000487. The molecule has 0 rings (SSSR count). The van der Waals surface area contributed by atoms with Gasteiger partial charge in [0.1, 0.15) is 0 Å². The Hall–Kier alpha value is -0.0556. The zero-order valence-electron chi connectivity index (χ0n) is 20.1. The van der Waals surface area contributed by atoms with Crippen LogP contribution in [-0.4, -0.2) is 48.5 Å². The second kappa shape index (κ2) is 30.9. The molecular weight excluding hydrogens is 483 g/mol. The van der Waals surface area contributed by atoms with Crippen molar-refractivity contribution in [2.45, 2.75) is 103 Å². The fourth-order valence-corrected chi connectivity index (χ4v) is 2.95. The van der Waals surface area contributed by atoms with E-state index in [4.69, 9.17) is 40.4 Å². The van der Waals surface area contributed by atoms with Gasteiger partial charge in [0.15, 0.2) is 0 Å². The first-order valence-corrected chi connectivity index (χ1v) is 13.6. The van der Waals surface area contributed by atoms with Crippen molar-refractivity contribution in [1.82, 2.24) is 10.6 Å². The van der Waals surface area contributed by atoms with Gasteiger partial charge in [-0.3, -0.25) is 9.59 Å². The Morgan fingerprint density at radius 1 is 0.656 bits per heavy atom. The maximum absolute atomic E-state index is 11.2. The van der Waals surface area contributed by atoms with Crippen LogP contribution >= 0.6 is 0 Å². The zero-order chi connectivity index (χ0) is 25.0. The van der Waals surface area contributed by atoms with Crippen molar-refractivity contribution in [2.75, 3.05) is 24.6 Å². The first-order valence-electron chi connectivity index (χ1n) is 11.9.